The number of thiophene rings is 1. The first-order chi connectivity index (χ1) is 18.4. The molecule has 9 nitrogen and oxygen atoms in total. The molecule has 4 rings (SSSR count). The molecular formula is C26H26Cl2N2O7S2. The highest BCUT2D eigenvalue weighted by atomic mass is 35.5. The number of rotatable bonds is 10. The first-order valence-corrected chi connectivity index (χ1v) is 15.1. The fourth-order valence-electron chi connectivity index (χ4n) is 4.48. The monoisotopic (exact) mass is 612 g/mol. The Labute approximate surface area is 240 Å². The van der Waals surface area contributed by atoms with Gasteiger partial charge in [-0.25, -0.2) is 22.3 Å². The van der Waals surface area contributed by atoms with Crippen molar-refractivity contribution in [2.45, 2.75) is 31.6 Å². The Bertz CT molecular complexity index is 1480. The van der Waals surface area contributed by atoms with Gasteiger partial charge >= 0.3 is 11.9 Å². The number of ether oxygens (including phenoxy) is 1. The molecule has 1 aliphatic heterocycles. The van der Waals surface area contributed by atoms with Crippen LogP contribution < -0.4 is 10.1 Å². The molecule has 0 aliphatic carbocycles. The quantitative estimate of drug-likeness (QED) is 0.269. The van der Waals surface area contributed by atoms with Gasteiger partial charge in [0.05, 0.1) is 5.75 Å². The highest BCUT2D eigenvalue weighted by Gasteiger charge is 2.29. The van der Waals surface area contributed by atoms with Gasteiger partial charge in [-0.1, -0.05) is 35.3 Å². The first kappa shape index (κ1) is 29.2. The summed E-state index contributed by atoms with van der Waals surface area (Å²) in [5.74, 6) is -2.51. The second-order valence-electron chi connectivity index (χ2n) is 9.13. The minimum Gasteiger partial charge on any atom is -0.480 e. The number of sulfonamides is 1. The van der Waals surface area contributed by atoms with Crippen LogP contribution in [0.15, 0.2) is 42.5 Å². The molecule has 3 aromatic rings. The summed E-state index contributed by atoms with van der Waals surface area (Å²) < 4.78 is 32.7. The van der Waals surface area contributed by atoms with E-state index in [9.17, 15) is 23.1 Å². The zero-order chi connectivity index (χ0) is 28.3. The number of carbonyl (C=O) groups is 2. The van der Waals surface area contributed by atoms with E-state index in [4.69, 9.17) is 33.0 Å². The van der Waals surface area contributed by atoms with Crippen LogP contribution >= 0.6 is 34.5 Å². The van der Waals surface area contributed by atoms with E-state index < -0.39 is 28.6 Å². The summed E-state index contributed by atoms with van der Waals surface area (Å²) in [4.78, 5) is 23.3. The lowest BCUT2D eigenvalue weighted by Crippen LogP contribution is -2.42. The second-order valence-corrected chi connectivity index (χ2v) is 13.0. The van der Waals surface area contributed by atoms with Gasteiger partial charge in [-0.3, -0.25) is 0 Å². The van der Waals surface area contributed by atoms with Gasteiger partial charge in [0.1, 0.15) is 5.75 Å². The van der Waals surface area contributed by atoms with Crippen LogP contribution in [-0.4, -0.2) is 60.6 Å². The van der Waals surface area contributed by atoms with Gasteiger partial charge in [0.15, 0.2) is 11.5 Å². The van der Waals surface area contributed by atoms with E-state index >= 15 is 0 Å². The molecule has 2 aromatic carbocycles. The van der Waals surface area contributed by atoms with Gasteiger partial charge in [-0.15, -0.1) is 11.3 Å². The lowest BCUT2D eigenvalue weighted by atomic mass is 10.0. The highest BCUT2D eigenvalue weighted by Crippen LogP contribution is 2.42. The summed E-state index contributed by atoms with van der Waals surface area (Å²) in [5, 5.41) is 22.7. The predicted octanol–water partition coefficient (Wildman–Crippen LogP) is 5.60. The van der Waals surface area contributed by atoms with Crippen LogP contribution in [0.3, 0.4) is 0 Å². The molecule has 1 aromatic heterocycles. The molecular weight excluding hydrogens is 587 g/mol. The van der Waals surface area contributed by atoms with Gasteiger partial charge < -0.3 is 20.3 Å². The molecule has 0 atom stereocenters. The van der Waals surface area contributed by atoms with E-state index in [0.717, 1.165) is 22.6 Å². The summed E-state index contributed by atoms with van der Waals surface area (Å²) in [6.07, 6.45) is 1.21. The van der Waals surface area contributed by atoms with Crippen LogP contribution in [0.4, 0.5) is 5.69 Å². The molecule has 0 amide bonds. The third-order valence-corrected chi connectivity index (χ3v) is 9.84. The lowest BCUT2D eigenvalue weighted by molar-refractivity contribution is -0.139. The highest BCUT2D eigenvalue weighted by molar-refractivity contribution is 7.88. The summed E-state index contributed by atoms with van der Waals surface area (Å²) in [6, 6.07) is 12.3. The molecule has 1 fully saturated rings. The van der Waals surface area contributed by atoms with Crippen LogP contribution in [-0.2, 0) is 20.6 Å². The molecule has 0 saturated carbocycles. The molecule has 1 aliphatic rings. The Balaban J connectivity index is 1.43. The molecule has 208 valence electrons. The molecule has 0 bridgehead atoms. The average molecular weight is 614 g/mol. The van der Waals surface area contributed by atoms with Crippen molar-refractivity contribution >= 4 is 62.2 Å². The molecule has 0 spiro atoms. The van der Waals surface area contributed by atoms with Crippen molar-refractivity contribution in [1.82, 2.24) is 4.31 Å². The minimum atomic E-state index is -3.54. The second kappa shape index (κ2) is 12.1. The summed E-state index contributed by atoms with van der Waals surface area (Å²) in [6.45, 7) is 1.79. The number of nitrogens with one attached hydrogen (secondary N) is 1. The average Bonchev–Trinajstić information content (AvgIpc) is 3.18. The molecule has 1 saturated heterocycles. The smallest absolute Gasteiger partial charge is 0.349 e. The van der Waals surface area contributed by atoms with Gasteiger partial charge in [0.2, 0.25) is 10.0 Å². The van der Waals surface area contributed by atoms with E-state index in [1.165, 1.54) is 4.31 Å². The summed E-state index contributed by atoms with van der Waals surface area (Å²) in [5.41, 5.74) is 2.65. The normalized spacial score (nSPS) is 14.7. The van der Waals surface area contributed by atoms with Gasteiger partial charge in [-0.05, 0) is 61.2 Å². The fraction of sp³-hybridized carbons (Fsp3) is 0.308. The van der Waals surface area contributed by atoms with E-state index in [2.05, 4.69) is 5.32 Å². The number of piperidine rings is 1. The maximum atomic E-state index is 13.0. The van der Waals surface area contributed by atoms with Crippen molar-refractivity contribution in [2.24, 2.45) is 0 Å². The lowest BCUT2D eigenvalue weighted by Gasteiger charge is -2.32. The van der Waals surface area contributed by atoms with Crippen LogP contribution in [0.2, 0.25) is 10.0 Å². The summed E-state index contributed by atoms with van der Waals surface area (Å²) >= 11 is 13.1. The largest absolute Gasteiger partial charge is 0.480 e. The van der Waals surface area contributed by atoms with E-state index in [0.29, 0.717) is 52.0 Å². The fourth-order valence-corrected chi connectivity index (χ4v) is 7.68. The summed E-state index contributed by atoms with van der Waals surface area (Å²) in [7, 11) is -3.54. The number of aliphatic carboxylic acids is 1. The zero-order valence-electron chi connectivity index (χ0n) is 20.8. The predicted molar refractivity (Wildman–Crippen MR) is 152 cm³/mol. The molecule has 13 heteroatoms. The van der Waals surface area contributed by atoms with Crippen LogP contribution in [0.5, 0.6) is 5.75 Å². The van der Waals surface area contributed by atoms with Crippen LogP contribution in [0.25, 0.3) is 10.4 Å². The Hall–Kier alpha value is -2.83. The SMILES string of the molecule is Cc1c(-c2cccc(NC3CCN(S(=O)(=O)Cc4cc(Cl)cc(Cl)c4)CC3)c2)sc(C(=O)O)c1OCC(=O)O. The molecule has 0 unspecified atom stereocenters. The van der Waals surface area contributed by atoms with Gasteiger partial charge in [0.25, 0.3) is 0 Å². The zero-order valence-corrected chi connectivity index (χ0v) is 24.0. The van der Waals surface area contributed by atoms with Crippen molar-refractivity contribution in [3.63, 3.8) is 0 Å². The molecule has 2 heterocycles. The van der Waals surface area contributed by atoms with Crippen LogP contribution in [0, 0.1) is 6.92 Å². The van der Waals surface area contributed by atoms with Gasteiger partial charge in [0, 0.05) is 45.3 Å². The Morgan fingerprint density at radius 2 is 1.77 bits per heavy atom. The third-order valence-electron chi connectivity index (χ3n) is 6.24. The third kappa shape index (κ3) is 7.23. The van der Waals surface area contributed by atoms with Crippen molar-refractivity contribution < 1.29 is 33.0 Å². The first-order valence-electron chi connectivity index (χ1n) is 11.9. The van der Waals surface area contributed by atoms with Crippen molar-refractivity contribution in [3.8, 4) is 16.2 Å². The number of carboxylic acid groups (broad SMARTS) is 2. The Kier molecular flexibility index (Phi) is 9.07. The van der Waals surface area contributed by atoms with Crippen molar-refractivity contribution in [3.05, 3.63) is 68.5 Å². The number of carboxylic acids is 2. The van der Waals surface area contributed by atoms with E-state index in [1.54, 1.807) is 25.1 Å². The molecule has 39 heavy (non-hydrogen) atoms. The van der Waals surface area contributed by atoms with Gasteiger partial charge in [-0.2, -0.15) is 0 Å². The number of nitrogens with zero attached hydrogens (tertiary/aromatic N) is 1. The van der Waals surface area contributed by atoms with Crippen molar-refractivity contribution in [2.75, 3.05) is 25.0 Å². The number of halogens is 2. The maximum Gasteiger partial charge on any atom is 0.349 e. The Morgan fingerprint density at radius 3 is 2.38 bits per heavy atom. The van der Waals surface area contributed by atoms with Crippen molar-refractivity contribution in [1.29, 1.82) is 0 Å². The molecule has 0 radical (unpaired) electrons. The maximum absolute atomic E-state index is 13.0. The van der Waals surface area contributed by atoms with Crippen LogP contribution in [0.1, 0.15) is 33.6 Å². The number of hydrogen-bond acceptors (Lipinski definition) is 7. The Morgan fingerprint density at radius 1 is 1.10 bits per heavy atom. The number of anilines is 1. The number of hydrogen-bond donors (Lipinski definition) is 3. The van der Waals surface area contributed by atoms with E-state index in [1.807, 2.05) is 24.3 Å². The minimum absolute atomic E-state index is 0.0424. The molecule has 3 N–H and O–H groups in total. The number of benzene rings is 2. The standard InChI is InChI=1S/C26H26Cl2N2O7S2/c1-15-23(37-13-22(31)32)25(26(33)34)38-24(15)17-3-2-4-21(11-17)29-20-5-7-30(8-6-20)39(35,36)14-16-9-18(27)12-19(28)10-16/h2-4,9-12,20,29H,5-8,13-14H2,1H3,(H,31,32)(H,33,34). The topological polar surface area (TPSA) is 133 Å². The van der Waals surface area contributed by atoms with E-state index in [-0.39, 0.29) is 22.4 Å². The number of aromatic carboxylic acids is 1.